The fourth-order valence-corrected chi connectivity index (χ4v) is 5.01. The van der Waals surface area contributed by atoms with Gasteiger partial charge in [0.2, 0.25) is 0 Å². The summed E-state index contributed by atoms with van der Waals surface area (Å²) in [6, 6.07) is 1.95. The fraction of sp³-hybridized carbons (Fsp3) is 0.353. The first kappa shape index (κ1) is 16.3. The number of hydrogen-bond donors (Lipinski definition) is 1. The highest BCUT2D eigenvalue weighted by molar-refractivity contribution is 7.22. The van der Waals surface area contributed by atoms with E-state index < -0.39 is 5.60 Å². The van der Waals surface area contributed by atoms with Crippen LogP contribution in [0.4, 0.5) is 9.80 Å². The van der Waals surface area contributed by atoms with E-state index >= 15 is 0 Å². The van der Waals surface area contributed by atoms with Crippen molar-refractivity contribution in [1.82, 2.24) is 14.9 Å². The highest BCUT2D eigenvalue weighted by atomic mass is 32.1. The minimum atomic E-state index is -0.505. The third-order valence-corrected chi connectivity index (χ3v) is 5.96. The maximum Gasteiger partial charge on any atom is 0.410 e. The fourth-order valence-electron chi connectivity index (χ4n) is 2.83. The Bertz CT molecular complexity index is 938. The van der Waals surface area contributed by atoms with E-state index in [0.717, 1.165) is 36.2 Å². The quantitative estimate of drug-likeness (QED) is 0.688. The topological polar surface area (TPSA) is 81.3 Å². The lowest BCUT2D eigenvalue weighted by molar-refractivity contribution is 0.0243. The molecule has 0 aliphatic carbocycles. The molecule has 0 unspecified atom stereocenters. The summed E-state index contributed by atoms with van der Waals surface area (Å²) in [4.78, 5) is 24.0. The molecule has 8 heteroatoms. The van der Waals surface area contributed by atoms with Crippen molar-refractivity contribution in [3.63, 3.8) is 0 Å². The monoisotopic (exact) mass is 374 g/mol. The number of carbonyl (C=O) groups excluding carboxylic acids is 1. The average Bonchev–Trinajstić information content (AvgIpc) is 3.16. The number of ether oxygens (including phenoxy) is 1. The number of thiazole rings is 1. The first-order valence-electron chi connectivity index (χ1n) is 7.91. The van der Waals surface area contributed by atoms with Gasteiger partial charge in [-0.25, -0.2) is 9.78 Å². The van der Waals surface area contributed by atoms with Crippen molar-refractivity contribution in [3.8, 4) is 10.6 Å². The molecule has 2 N–H and O–H groups in total. The molecule has 0 saturated heterocycles. The van der Waals surface area contributed by atoms with Crippen molar-refractivity contribution >= 4 is 44.0 Å². The molecule has 0 atom stereocenters. The molecule has 130 valence electrons. The van der Waals surface area contributed by atoms with Crippen LogP contribution in [0.5, 0.6) is 0 Å². The van der Waals surface area contributed by atoms with E-state index in [0.29, 0.717) is 13.1 Å². The van der Waals surface area contributed by atoms with Gasteiger partial charge in [-0.05, 0) is 32.4 Å². The number of anilines is 1. The van der Waals surface area contributed by atoms with Crippen molar-refractivity contribution in [3.05, 3.63) is 28.9 Å². The Labute approximate surface area is 153 Å². The largest absolute Gasteiger partial charge is 0.444 e. The zero-order valence-electron chi connectivity index (χ0n) is 14.2. The minimum Gasteiger partial charge on any atom is -0.444 e. The molecule has 0 bridgehead atoms. The summed E-state index contributed by atoms with van der Waals surface area (Å²) in [5, 5.41) is 1.63. The van der Waals surface area contributed by atoms with Crippen molar-refractivity contribution in [2.45, 2.75) is 39.5 Å². The number of pyridine rings is 1. The Morgan fingerprint density at radius 1 is 1.32 bits per heavy atom. The van der Waals surface area contributed by atoms with E-state index in [1.54, 1.807) is 28.6 Å². The lowest BCUT2D eigenvalue weighted by Gasteiger charge is -2.24. The summed E-state index contributed by atoms with van der Waals surface area (Å²) in [5.41, 5.74) is 8.66. The molecule has 3 aromatic rings. The summed E-state index contributed by atoms with van der Waals surface area (Å²) < 4.78 is 6.56. The highest BCUT2D eigenvalue weighted by Gasteiger charge is 2.33. The Balaban J connectivity index is 1.67. The predicted molar refractivity (Wildman–Crippen MR) is 101 cm³/mol. The zero-order valence-corrected chi connectivity index (χ0v) is 15.8. The van der Waals surface area contributed by atoms with Crippen LogP contribution in [0.1, 0.15) is 31.2 Å². The molecular formula is C17H18N4O2S2. The molecule has 1 aliphatic rings. The third kappa shape index (κ3) is 2.96. The van der Waals surface area contributed by atoms with E-state index in [2.05, 4.69) is 9.97 Å². The second-order valence-corrected chi connectivity index (χ2v) is 9.11. The van der Waals surface area contributed by atoms with Gasteiger partial charge in [0.05, 0.1) is 29.0 Å². The van der Waals surface area contributed by atoms with Gasteiger partial charge >= 0.3 is 6.09 Å². The van der Waals surface area contributed by atoms with Gasteiger partial charge in [0.15, 0.2) is 0 Å². The third-order valence-electron chi connectivity index (χ3n) is 3.86. The maximum absolute atomic E-state index is 12.4. The van der Waals surface area contributed by atoms with Crippen molar-refractivity contribution in [2.24, 2.45) is 0 Å². The maximum atomic E-state index is 12.4. The molecule has 0 spiro atoms. The Hall–Kier alpha value is -2.19. The van der Waals surface area contributed by atoms with Gasteiger partial charge in [0, 0.05) is 16.6 Å². The standard InChI is InChI=1S/C17H18N4O2S2/c1-17(2,3)23-16(22)21-7-9-12(8-21)24-14(18)13(9)15-20-10-6-19-5-4-11(10)25-15/h4-6H,7-8,18H2,1-3H3. The summed E-state index contributed by atoms with van der Waals surface area (Å²) in [5.74, 6) is 0. The molecule has 3 aromatic heterocycles. The second kappa shape index (κ2) is 5.67. The van der Waals surface area contributed by atoms with Crippen LogP contribution in [0, 0.1) is 0 Å². The van der Waals surface area contributed by atoms with Crippen LogP contribution in [0.25, 0.3) is 20.8 Å². The Morgan fingerprint density at radius 3 is 2.84 bits per heavy atom. The Morgan fingerprint density at radius 2 is 2.12 bits per heavy atom. The molecule has 0 radical (unpaired) electrons. The summed E-state index contributed by atoms with van der Waals surface area (Å²) >= 11 is 3.12. The summed E-state index contributed by atoms with van der Waals surface area (Å²) in [7, 11) is 0. The van der Waals surface area contributed by atoms with Crippen LogP contribution in [0.3, 0.4) is 0 Å². The normalized spacial score (nSPS) is 14.1. The molecule has 0 fully saturated rings. The predicted octanol–water partition coefficient (Wildman–Crippen LogP) is 4.25. The lowest BCUT2D eigenvalue weighted by atomic mass is 10.1. The first-order valence-corrected chi connectivity index (χ1v) is 9.54. The Kier molecular flexibility index (Phi) is 3.69. The van der Waals surface area contributed by atoms with Crippen molar-refractivity contribution in [2.75, 3.05) is 5.73 Å². The number of nitrogen functional groups attached to an aromatic ring is 1. The van der Waals surface area contributed by atoms with Gasteiger partial charge in [0.1, 0.15) is 16.1 Å². The average molecular weight is 374 g/mol. The highest BCUT2D eigenvalue weighted by Crippen LogP contribution is 2.45. The number of carbonyl (C=O) groups is 1. The van der Waals surface area contributed by atoms with Gasteiger partial charge in [-0.3, -0.25) is 9.88 Å². The molecule has 1 amide bonds. The number of nitrogens with zero attached hydrogens (tertiary/aromatic N) is 3. The van der Waals surface area contributed by atoms with Crippen molar-refractivity contribution < 1.29 is 9.53 Å². The molecule has 6 nitrogen and oxygen atoms in total. The van der Waals surface area contributed by atoms with E-state index in [9.17, 15) is 4.79 Å². The van der Waals surface area contributed by atoms with Crippen LogP contribution in [0.15, 0.2) is 18.5 Å². The van der Waals surface area contributed by atoms with E-state index in [-0.39, 0.29) is 6.09 Å². The van der Waals surface area contributed by atoms with E-state index in [1.165, 1.54) is 11.3 Å². The number of aromatic nitrogens is 2. The number of rotatable bonds is 1. The second-order valence-electron chi connectivity index (χ2n) is 6.94. The van der Waals surface area contributed by atoms with Gasteiger partial charge in [0.25, 0.3) is 0 Å². The molecular weight excluding hydrogens is 356 g/mol. The minimum absolute atomic E-state index is 0.297. The van der Waals surface area contributed by atoms with E-state index in [4.69, 9.17) is 10.5 Å². The molecule has 0 aromatic carbocycles. The van der Waals surface area contributed by atoms with Crippen LogP contribution < -0.4 is 5.73 Å². The molecule has 1 aliphatic heterocycles. The first-order chi connectivity index (χ1) is 11.8. The molecule has 0 saturated carbocycles. The molecule has 4 rings (SSSR count). The number of fused-ring (bicyclic) bond motifs is 2. The van der Waals surface area contributed by atoms with Gasteiger partial charge in [-0.2, -0.15) is 0 Å². The SMILES string of the molecule is CC(C)(C)OC(=O)N1Cc2sc(N)c(-c3nc4cnccc4s3)c2C1. The van der Waals surface area contributed by atoms with Crippen LogP contribution in [-0.2, 0) is 17.8 Å². The zero-order chi connectivity index (χ0) is 17.8. The van der Waals surface area contributed by atoms with Crippen LogP contribution in [-0.4, -0.2) is 26.6 Å². The van der Waals surface area contributed by atoms with E-state index in [1.807, 2.05) is 26.8 Å². The van der Waals surface area contributed by atoms with Crippen LogP contribution in [0.2, 0.25) is 0 Å². The van der Waals surface area contributed by atoms with Gasteiger partial charge in [-0.1, -0.05) is 0 Å². The summed E-state index contributed by atoms with van der Waals surface area (Å²) in [6.45, 7) is 6.65. The molecule has 25 heavy (non-hydrogen) atoms. The lowest BCUT2D eigenvalue weighted by Crippen LogP contribution is -2.33. The van der Waals surface area contributed by atoms with Gasteiger partial charge < -0.3 is 10.5 Å². The van der Waals surface area contributed by atoms with Crippen molar-refractivity contribution in [1.29, 1.82) is 0 Å². The number of nitrogens with two attached hydrogens (primary N) is 1. The van der Waals surface area contributed by atoms with Gasteiger partial charge in [-0.15, -0.1) is 22.7 Å². The molecule has 4 heterocycles. The van der Waals surface area contributed by atoms with Crippen LogP contribution >= 0.6 is 22.7 Å². The smallest absolute Gasteiger partial charge is 0.410 e. The number of hydrogen-bond acceptors (Lipinski definition) is 7. The number of thiophene rings is 1. The summed E-state index contributed by atoms with van der Waals surface area (Å²) in [6.07, 6.45) is 3.22. The number of amides is 1.